The third-order valence-electron chi connectivity index (χ3n) is 3.52. The van der Waals surface area contributed by atoms with Crippen LogP contribution in [0.1, 0.15) is 15.5 Å². The van der Waals surface area contributed by atoms with Crippen LogP contribution in [0.25, 0.3) is 10.8 Å². The molecular weight excluding hydrogens is 344 g/mol. The summed E-state index contributed by atoms with van der Waals surface area (Å²) in [6.07, 6.45) is 1.55. The first-order chi connectivity index (χ1) is 12.1. The summed E-state index contributed by atoms with van der Waals surface area (Å²) in [6, 6.07) is 3.54. The number of nitrogens with zero attached hydrogens (tertiary/aromatic N) is 3. The third kappa shape index (κ3) is 3.05. The van der Waals surface area contributed by atoms with E-state index in [2.05, 4.69) is 20.5 Å². The van der Waals surface area contributed by atoms with Crippen molar-refractivity contribution in [1.82, 2.24) is 15.2 Å². The Labute approximate surface area is 147 Å². The van der Waals surface area contributed by atoms with Crippen LogP contribution >= 0.6 is 11.3 Å². The molecule has 0 bridgehead atoms. The van der Waals surface area contributed by atoms with Gasteiger partial charge in [0.15, 0.2) is 11.5 Å². The second kappa shape index (κ2) is 6.89. The van der Waals surface area contributed by atoms with Crippen molar-refractivity contribution in [3.05, 3.63) is 29.0 Å². The fraction of sp³-hybridized carbons (Fsp3) is 0.250. The molecule has 0 aliphatic heterocycles. The molecule has 3 rings (SSSR count). The van der Waals surface area contributed by atoms with E-state index in [4.69, 9.17) is 14.2 Å². The van der Waals surface area contributed by atoms with Crippen LogP contribution in [0.5, 0.6) is 17.2 Å². The van der Waals surface area contributed by atoms with Crippen molar-refractivity contribution in [1.29, 1.82) is 0 Å². The molecule has 0 aliphatic carbocycles. The Morgan fingerprint density at radius 3 is 2.48 bits per heavy atom. The Hall–Kier alpha value is -2.94. The standard InChI is InChI=1S/C16H16N4O4S/c1-8-19-20-16(25-8)18-15(21)12-11-9(5-6-17-12)7-10(22-2)13(23-3)14(11)24-4/h5-7H,1-4H3,(H,18,20,21). The minimum absolute atomic E-state index is 0.197. The number of benzene rings is 1. The minimum atomic E-state index is -0.410. The quantitative estimate of drug-likeness (QED) is 0.747. The van der Waals surface area contributed by atoms with E-state index in [1.807, 2.05) is 6.92 Å². The molecule has 1 aromatic carbocycles. The summed E-state index contributed by atoms with van der Waals surface area (Å²) < 4.78 is 16.2. The predicted octanol–water partition coefficient (Wildman–Crippen LogP) is 2.67. The number of anilines is 1. The molecule has 0 fully saturated rings. The first-order valence-electron chi connectivity index (χ1n) is 7.28. The molecule has 9 heteroatoms. The lowest BCUT2D eigenvalue weighted by molar-refractivity contribution is 0.102. The SMILES string of the molecule is COc1cc2ccnc(C(=O)Nc3nnc(C)s3)c2c(OC)c1OC. The van der Waals surface area contributed by atoms with E-state index in [9.17, 15) is 4.79 Å². The molecule has 0 unspecified atom stereocenters. The number of pyridine rings is 1. The van der Waals surface area contributed by atoms with Gasteiger partial charge in [-0.25, -0.2) is 0 Å². The number of hydrogen-bond acceptors (Lipinski definition) is 8. The molecule has 1 N–H and O–H groups in total. The third-order valence-corrected chi connectivity index (χ3v) is 4.27. The topological polar surface area (TPSA) is 95.5 Å². The molecule has 0 atom stereocenters. The van der Waals surface area contributed by atoms with Crippen molar-refractivity contribution in [3.63, 3.8) is 0 Å². The average Bonchev–Trinajstić information content (AvgIpc) is 3.03. The summed E-state index contributed by atoms with van der Waals surface area (Å²) in [5.41, 5.74) is 0.197. The Morgan fingerprint density at radius 1 is 1.12 bits per heavy atom. The number of hydrogen-bond donors (Lipinski definition) is 1. The molecule has 0 spiro atoms. The fourth-order valence-corrected chi connectivity index (χ4v) is 3.07. The smallest absolute Gasteiger partial charge is 0.276 e. The lowest BCUT2D eigenvalue weighted by Crippen LogP contribution is -2.14. The molecule has 8 nitrogen and oxygen atoms in total. The predicted molar refractivity (Wildman–Crippen MR) is 94.0 cm³/mol. The largest absolute Gasteiger partial charge is 0.493 e. The van der Waals surface area contributed by atoms with E-state index in [-0.39, 0.29) is 5.69 Å². The van der Waals surface area contributed by atoms with E-state index in [1.165, 1.54) is 32.7 Å². The van der Waals surface area contributed by atoms with Crippen LogP contribution in [-0.4, -0.2) is 42.4 Å². The van der Waals surface area contributed by atoms with Gasteiger partial charge in [-0.05, 0) is 24.4 Å². The van der Waals surface area contributed by atoms with Crippen LogP contribution in [0.2, 0.25) is 0 Å². The van der Waals surface area contributed by atoms with Gasteiger partial charge in [0.1, 0.15) is 10.7 Å². The zero-order valence-electron chi connectivity index (χ0n) is 14.1. The monoisotopic (exact) mass is 360 g/mol. The number of carbonyl (C=O) groups excluding carboxylic acids is 1. The molecule has 0 aliphatic rings. The molecular formula is C16H16N4O4S. The lowest BCUT2D eigenvalue weighted by atomic mass is 10.1. The molecule has 2 heterocycles. The maximum absolute atomic E-state index is 12.7. The van der Waals surface area contributed by atoms with Gasteiger partial charge in [0.05, 0.1) is 26.7 Å². The molecule has 0 radical (unpaired) electrons. The zero-order valence-corrected chi connectivity index (χ0v) is 14.9. The Morgan fingerprint density at radius 2 is 1.88 bits per heavy atom. The van der Waals surface area contributed by atoms with Gasteiger partial charge >= 0.3 is 0 Å². The van der Waals surface area contributed by atoms with Gasteiger partial charge in [-0.3, -0.25) is 15.1 Å². The number of aromatic nitrogens is 3. The van der Waals surface area contributed by atoms with E-state index in [0.717, 1.165) is 10.4 Å². The molecule has 130 valence electrons. The van der Waals surface area contributed by atoms with Crippen molar-refractivity contribution < 1.29 is 19.0 Å². The van der Waals surface area contributed by atoms with E-state index >= 15 is 0 Å². The highest BCUT2D eigenvalue weighted by Gasteiger charge is 2.22. The molecule has 0 saturated heterocycles. The van der Waals surface area contributed by atoms with Crippen LogP contribution in [0.4, 0.5) is 5.13 Å². The van der Waals surface area contributed by atoms with Crippen LogP contribution < -0.4 is 19.5 Å². The summed E-state index contributed by atoms with van der Waals surface area (Å²) in [6.45, 7) is 1.81. The molecule has 2 aromatic heterocycles. The van der Waals surface area contributed by atoms with Crippen LogP contribution in [-0.2, 0) is 0 Å². The van der Waals surface area contributed by atoms with Crippen molar-refractivity contribution in [2.75, 3.05) is 26.6 Å². The Balaban J connectivity index is 2.16. The highest BCUT2D eigenvalue weighted by molar-refractivity contribution is 7.15. The van der Waals surface area contributed by atoms with Gasteiger partial charge in [0.2, 0.25) is 10.9 Å². The molecule has 3 aromatic rings. The number of rotatable bonds is 5. The van der Waals surface area contributed by atoms with Gasteiger partial charge < -0.3 is 14.2 Å². The summed E-state index contributed by atoms with van der Waals surface area (Å²) >= 11 is 1.28. The number of ether oxygens (including phenoxy) is 3. The number of aryl methyl sites for hydroxylation is 1. The summed E-state index contributed by atoms with van der Waals surface area (Å²) in [7, 11) is 4.54. The van der Waals surface area contributed by atoms with Gasteiger partial charge in [0.25, 0.3) is 5.91 Å². The van der Waals surface area contributed by atoms with Crippen molar-refractivity contribution in [2.24, 2.45) is 0 Å². The molecule has 25 heavy (non-hydrogen) atoms. The highest BCUT2D eigenvalue weighted by atomic mass is 32.1. The van der Waals surface area contributed by atoms with Crippen LogP contribution in [0.3, 0.4) is 0 Å². The summed E-state index contributed by atoms with van der Waals surface area (Å²) in [4.78, 5) is 16.9. The number of nitrogens with one attached hydrogen (secondary N) is 1. The van der Waals surface area contributed by atoms with E-state index in [0.29, 0.717) is 27.8 Å². The highest BCUT2D eigenvalue weighted by Crippen LogP contribution is 2.44. The van der Waals surface area contributed by atoms with Crippen molar-refractivity contribution in [3.8, 4) is 17.2 Å². The summed E-state index contributed by atoms with van der Waals surface area (Å²) in [5, 5.41) is 12.9. The van der Waals surface area contributed by atoms with E-state index < -0.39 is 5.91 Å². The minimum Gasteiger partial charge on any atom is -0.493 e. The normalized spacial score (nSPS) is 10.6. The maximum Gasteiger partial charge on any atom is 0.276 e. The van der Waals surface area contributed by atoms with Crippen molar-refractivity contribution in [2.45, 2.75) is 6.92 Å². The van der Waals surface area contributed by atoms with Crippen LogP contribution in [0, 0.1) is 6.92 Å². The number of methoxy groups -OCH3 is 3. The maximum atomic E-state index is 12.7. The van der Waals surface area contributed by atoms with Crippen LogP contribution in [0.15, 0.2) is 18.3 Å². The second-order valence-corrected chi connectivity index (χ2v) is 6.16. The first kappa shape index (κ1) is 16.9. The van der Waals surface area contributed by atoms with Gasteiger partial charge in [-0.1, -0.05) is 11.3 Å². The lowest BCUT2D eigenvalue weighted by Gasteiger charge is -2.16. The molecule has 1 amide bonds. The number of fused-ring (bicyclic) bond motifs is 1. The number of carbonyl (C=O) groups is 1. The zero-order chi connectivity index (χ0) is 18.0. The Kier molecular flexibility index (Phi) is 4.66. The summed E-state index contributed by atoms with van der Waals surface area (Å²) in [5.74, 6) is 0.867. The Bertz CT molecular complexity index is 941. The van der Waals surface area contributed by atoms with Crippen molar-refractivity contribution >= 4 is 33.1 Å². The second-order valence-electron chi connectivity index (χ2n) is 4.98. The first-order valence-corrected chi connectivity index (χ1v) is 8.09. The fourth-order valence-electron chi connectivity index (χ4n) is 2.48. The van der Waals surface area contributed by atoms with E-state index in [1.54, 1.807) is 18.3 Å². The number of amides is 1. The van der Waals surface area contributed by atoms with Gasteiger partial charge in [-0.15, -0.1) is 10.2 Å². The van der Waals surface area contributed by atoms with Gasteiger partial charge in [0, 0.05) is 6.20 Å². The molecule has 0 saturated carbocycles. The van der Waals surface area contributed by atoms with Gasteiger partial charge in [-0.2, -0.15) is 0 Å². The average molecular weight is 360 g/mol.